The third-order valence-corrected chi connectivity index (χ3v) is 5.82. The SMILES string of the molecule is C=CCCC(C)(c1cccc2c1Cc1ccccc1-2)C1C=CC=C1.[Cl-].[Cl-].[Zr+2]. The Balaban J connectivity index is 0.00000121. The van der Waals surface area contributed by atoms with E-state index in [0.29, 0.717) is 5.92 Å². The second kappa shape index (κ2) is 10.1. The molecule has 0 saturated carbocycles. The van der Waals surface area contributed by atoms with E-state index < -0.39 is 0 Å². The van der Waals surface area contributed by atoms with E-state index in [9.17, 15) is 0 Å². The van der Waals surface area contributed by atoms with Crippen molar-refractivity contribution in [2.75, 3.05) is 0 Å². The van der Waals surface area contributed by atoms with Gasteiger partial charge < -0.3 is 24.8 Å². The van der Waals surface area contributed by atoms with E-state index in [-0.39, 0.29) is 56.4 Å². The molecule has 3 heteroatoms. The van der Waals surface area contributed by atoms with E-state index in [1.165, 1.54) is 27.8 Å². The monoisotopic (exact) mass is 472 g/mol. The first-order valence-electron chi connectivity index (χ1n) is 8.90. The molecule has 0 heterocycles. The van der Waals surface area contributed by atoms with Gasteiger partial charge >= 0.3 is 26.2 Å². The van der Waals surface area contributed by atoms with Gasteiger partial charge in [0.2, 0.25) is 0 Å². The third kappa shape index (κ3) is 4.26. The van der Waals surface area contributed by atoms with E-state index in [0.717, 1.165) is 19.3 Å². The molecule has 2 aliphatic carbocycles. The molecule has 138 valence electrons. The van der Waals surface area contributed by atoms with Crippen molar-refractivity contribution in [3.63, 3.8) is 0 Å². The van der Waals surface area contributed by atoms with Crippen LogP contribution < -0.4 is 24.8 Å². The molecule has 0 saturated heterocycles. The van der Waals surface area contributed by atoms with Gasteiger partial charge in [-0.3, -0.25) is 0 Å². The number of halogens is 2. The Hall–Kier alpha value is -0.877. The Morgan fingerprint density at radius 3 is 2.37 bits per heavy atom. The molecule has 4 rings (SSSR count). The minimum absolute atomic E-state index is 0. The molecule has 0 spiro atoms. The van der Waals surface area contributed by atoms with Crippen molar-refractivity contribution in [3.05, 3.63) is 96.1 Å². The van der Waals surface area contributed by atoms with Crippen molar-refractivity contribution in [1.82, 2.24) is 0 Å². The van der Waals surface area contributed by atoms with Gasteiger partial charge in [0, 0.05) is 11.3 Å². The number of hydrogen-bond acceptors (Lipinski definition) is 0. The van der Waals surface area contributed by atoms with Crippen LogP contribution in [0.4, 0.5) is 0 Å². The van der Waals surface area contributed by atoms with Crippen molar-refractivity contribution in [3.8, 4) is 11.1 Å². The zero-order valence-corrected chi connectivity index (χ0v) is 19.6. The fraction of sp³-hybridized carbons (Fsp3) is 0.250. The van der Waals surface area contributed by atoms with Crippen LogP contribution in [0.25, 0.3) is 11.1 Å². The van der Waals surface area contributed by atoms with Gasteiger partial charge in [-0.05, 0) is 47.1 Å². The summed E-state index contributed by atoms with van der Waals surface area (Å²) in [5.74, 6) is 0.465. The third-order valence-electron chi connectivity index (χ3n) is 5.82. The predicted octanol–water partition coefficient (Wildman–Crippen LogP) is 0.229. The first-order valence-corrected chi connectivity index (χ1v) is 8.90. The van der Waals surface area contributed by atoms with E-state index in [2.05, 4.69) is 86.3 Å². The van der Waals surface area contributed by atoms with Crippen molar-refractivity contribution < 1.29 is 51.0 Å². The number of fused-ring (bicyclic) bond motifs is 3. The molecule has 0 N–H and O–H groups in total. The summed E-state index contributed by atoms with van der Waals surface area (Å²) in [6.07, 6.45) is 14.4. The van der Waals surface area contributed by atoms with Crippen LogP contribution in [-0.4, -0.2) is 0 Å². The number of hydrogen-bond donors (Lipinski definition) is 0. The van der Waals surface area contributed by atoms with Gasteiger partial charge in [-0.15, -0.1) is 6.58 Å². The second-order valence-corrected chi connectivity index (χ2v) is 7.21. The Morgan fingerprint density at radius 2 is 1.67 bits per heavy atom. The molecule has 0 fully saturated rings. The zero-order valence-electron chi connectivity index (χ0n) is 15.6. The van der Waals surface area contributed by atoms with Gasteiger partial charge in [0.1, 0.15) is 0 Å². The van der Waals surface area contributed by atoms with Crippen molar-refractivity contribution in [1.29, 1.82) is 0 Å². The summed E-state index contributed by atoms with van der Waals surface area (Å²) in [5, 5.41) is 0. The molecule has 2 aromatic rings. The molecule has 0 bridgehead atoms. The molecule has 0 nitrogen and oxygen atoms in total. The van der Waals surface area contributed by atoms with Crippen molar-refractivity contribution in [2.45, 2.75) is 31.6 Å². The number of rotatable bonds is 5. The smallest absolute Gasteiger partial charge is 1.00 e. The normalized spacial score (nSPS) is 15.6. The van der Waals surface area contributed by atoms with Crippen LogP contribution in [0.15, 0.2) is 79.4 Å². The van der Waals surface area contributed by atoms with Gasteiger partial charge in [-0.25, -0.2) is 0 Å². The van der Waals surface area contributed by atoms with Crippen LogP contribution in [0.5, 0.6) is 0 Å². The summed E-state index contributed by atoms with van der Waals surface area (Å²) in [5.41, 5.74) is 7.46. The minimum Gasteiger partial charge on any atom is -1.00 e. The van der Waals surface area contributed by atoms with Crippen LogP contribution in [0.1, 0.15) is 36.5 Å². The van der Waals surface area contributed by atoms with Gasteiger partial charge in [0.05, 0.1) is 0 Å². The van der Waals surface area contributed by atoms with Gasteiger partial charge in [0.25, 0.3) is 0 Å². The van der Waals surface area contributed by atoms with Crippen LogP contribution >= 0.6 is 0 Å². The van der Waals surface area contributed by atoms with E-state index in [1.807, 2.05) is 0 Å². The molecule has 2 aliphatic rings. The molecule has 27 heavy (non-hydrogen) atoms. The summed E-state index contributed by atoms with van der Waals surface area (Å²) in [6, 6.07) is 15.7. The minimum atomic E-state index is 0. The van der Waals surface area contributed by atoms with Gasteiger partial charge in [-0.1, -0.05) is 79.8 Å². The second-order valence-electron chi connectivity index (χ2n) is 7.21. The summed E-state index contributed by atoms with van der Waals surface area (Å²) < 4.78 is 0. The summed E-state index contributed by atoms with van der Waals surface area (Å²) >= 11 is 0. The molecule has 0 radical (unpaired) electrons. The fourth-order valence-electron chi connectivity index (χ4n) is 4.43. The standard InChI is InChI=1S/C24H24.2ClH.Zr/c1-3-4-16-24(2,19-11-6-7-12-19)23-15-9-14-21-20-13-8-5-10-18(20)17-22(21)23;;;/h3,5-15,19H,1,4,16-17H2,2H3;2*1H;/q;;;+2/p-2. The number of allylic oxidation sites excluding steroid dienone is 5. The summed E-state index contributed by atoms with van der Waals surface area (Å²) in [4.78, 5) is 0. The summed E-state index contributed by atoms with van der Waals surface area (Å²) in [6.45, 7) is 6.38. The molecular weight excluding hydrogens is 450 g/mol. The van der Waals surface area contributed by atoms with Crippen molar-refractivity contribution in [2.24, 2.45) is 5.92 Å². The van der Waals surface area contributed by atoms with E-state index in [4.69, 9.17) is 0 Å². The number of benzene rings is 2. The summed E-state index contributed by atoms with van der Waals surface area (Å²) in [7, 11) is 0. The molecular formula is C24H24Cl2Zr. The average molecular weight is 475 g/mol. The van der Waals surface area contributed by atoms with E-state index in [1.54, 1.807) is 0 Å². The van der Waals surface area contributed by atoms with Gasteiger partial charge in [-0.2, -0.15) is 0 Å². The maximum Gasteiger partial charge on any atom is 2.00 e. The largest absolute Gasteiger partial charge is 2.00 e. The first-order chi connectivity index (χ1) is 11.7. The van der Waals surface area contributed by atoms with Crippen molar-refractivity contribution >= 4 is 0 Å². The van der Waals surface area contributed by atoms with Crippen LogP contribution in [-0.2, 0) is 38.0 Å². The molecule has 0 aromatic heterocycles. The molecule has 1 atom stereocenters. The first kappa shape index (κ1) is 24.2. The van der Waals surface area contributed by atoms with E-state index >= 15 is 0 Å². The Labute approximate surface area is 194 Å². The topological polar surface area (TPSA) is 0 Å². The van der Waals surface area contributed by atoms with Crippen LogP contribution in [0.2, 0.25) is 0 Å². The van der Waals surface area contributed by atoms with Gasteiger partial charge in [0.15, 0.2) is 0 Å². The van der Waals surface area contributed by atoms with Crippen LogP contribution in [0.3, 0.4) is 0 Å². The maximum atomic E-state index is 3.95. The average Bonchev–Trinajstić information content (AvgIpc) is 3.27. The maximum absolute atomic E-state index is 3.95. The molecule has 1 unspecified atom stereocenters. The fourth-order valence-corrected chi connectivity index (χ4v) is 4.43. The molecule has 0 amide bonds. The van der Waals surface area contributed by atoms with Crippen LogP contribution in [0, 0.1) is 5.92 Å². The molecule has 0 aliphatic heterocycles. The Morgan fingerprint density at radius 1 is 1.00 bits per heavy atom. The predicted molar refractivity (Wildman–Crippen MR) is 103 cm³/mol. The molecule has 2 aromatic carbocycles. The zero-order chi connectivity index (χ0) is 16.6. The Bertz CT molecular complexity index is 841. The Kier molecular flexibility index (Phi) is 9.00. The quantitative estimate of drug-likeness (QED) is 0.465.